The maximum Gasteiger partial charge on any atom is 0.161 e. The van der Waals surface area contributed by atoms with E-state index in [-0.39, 0.29) is 0 Å². The molecule has 0 aliphatic heterocycles. The summed E-state index contributed by atoms with van der Waals surface area (Å²) in [4.78, 5) is 4.43. The van der Waals surface area contributed by atoms with E-state index in [1.54, 1.807) is 14.2 Å². The van der Waals surface area contributed by atoms with E-state index in [4.69, 9.17) is 15.2 Å². The summed E-state index contributed by atoms with van der Waals surface area (Å²) >= 11 is 0. The van der Waals surface area contributed by atoms with Gasteiger partial charge in [-0.3, -0.25) is 0 Å². The van der Waals surface area contributed by atoms with Crippen LogP contribution >= 0.6 is 0 Å². The Bertz CT molecular complexity index is 552. The van der Waals surface area contributed by atoms with Crippen LogP contribution in [-0.4, -0.2) is 30.3 Å². The van der Waals surface area contributed by atoms with E-state index in [0.29, 0.717) is 5.75 Å². The lowest BCUT2D eigenvalue weighted by molar-refractivity contribution is 0.355. The number of hydrogen-bond acceptors (Lipinski definition) is 4. The van der Waals surface area contributed by atoms with Crippen LogP contribution in [0.5, 0.6) is 11.5 Å². The molecule has 0 amide bonds. The van der Waals surface area contributed by atoms with Crippen LogP contribution < -0.4 is 15.2 Å². The minimum Gasteiger partial charge on any atom is -0.493 e. The molecule has 20 heavy (non-hydrogen) atoms. The highest BCUT2D eigenvalue weighted by atomic mass is 16.5. The predicted octanol–water partition coefficient (Wildman–Crippen LogP) is 2.31. The van der Waals surface area contributed by atoms with E-state index in [1.807, 2.05) is 30.6 Å². The zero-order valence-corrected chi connectivity index (χ0v) is 12.0. The van der Waals surface area contributed by atoms with Gasteiger partial charge in [0.1, 0.15) is 5.82 Å². The number of nitrogens with two attached hydrogens (primary N) is 1. The fourth-order valence-corrected chi connectivity index (χ4v) is 2.15. The molecule has 1 heterocycles. The Hall–Kier alpha value is -2.01. The van der Waals surface area contributed by atoms with Crippen LogP contribution in [0, 0.1) is 0 Å². The number of benzene rings is 1. The molecular weight excluding hydrogens is 254 g/mol. The number of methoxy groups -OCH3 is 2. The smallest absolute Gasteiger partial charge is 0.161 e. The number of aryl methyl sites for hydroxylation is 1. The van der Waals surface area contributed by atoms with Crippen molar-refractivity contribution in [3.63, 3.8) is 0 Å². The maximum atomic E-state index is 5.53. The number of nitrogens with zero attached hydrogens (tertiary/aromatic N) is 2. The van der Waals surface area contributed by atoms with Crippen molar-refractivity contribution in [1.82, 2.24) is 9.55 Å². The van der Waals surface area contributed by atoms with Gasteiger partial charge >= 0.3 is 0 Å². The summed E-state index contributed by atoms with van der Waals surface area (Å²) in [5, 5.41) is 0. The van der Waals surface area contributed by atoms with E-state index < -0.39 is 0 Å². The average Bonchev–Trinajstić information content (AvgIpc) is 2.95. The van der Waals surface area contributed by atoms with Gasteiger partial charge in [-0.1, -0.05) is 0 Å². The lowest BCUT2D eigenvalue weighted by atomic mass is 10.2. The van der Waals surface area contributed by atoms with Gasteiger partial charge in [-0.25, -0.2) is 4.98 Å². The van der Waals surface area contributed by atoms with Crippen LogP contribution in [0.4, 0.5) is 0 Å². The topological polar surface area (TPSA) is 62.3 Å². The molecule has 5 heteroatoms. The Balaban J connectivity index is 2.25. The van der Waals surface area contributed by atoms with Crippen molar-refractivity contribution >= 4 is 0 Å². The Kier molecular flexibility index (Phi) is 5.01. The molecule has 0 unspecified atom stereocenters. The Morgan fingerprint density at radius 1 is 1.15 bits per heavy atom. The molecule has 1 aromatic heterocycles. The molecular formula is C15H21N3O2. The third kappa shape index (κ3) is 3.11. The Morgan fingerprint density at radius 2 is 1.95 bits per heavy atom. The van der Waals surface area contributed by atoms with Crippen LogP contribution in [-0.2, 0) is 6.54 Å². The van der Waals surface area contributed by atoms with Crippen molar-refractivity contribution in [2.45, 2.75) is 19.4 Å². The number of aromatic nitrogens is 2. The van der Waals surface area contributed by atoms with Gasteiger partial charge < -0.3 is 19.8 Å². The van der Waals surface area contributed by atoms with E-state index in [0.717, 1.165) is 43.1 Å². The second-order valence-corrected chi connectivity index (χ2v) is 4.51. The molecule has 0 radical (unpaired) electrons. The molecule has 108 valence electrons. The minimum absolute atomic E-state index is 0.710. The lowest BCUT2D eigenvalue weighted by Crippen LogP contribution is -2.04. The summed E-state index contributed by atoms with van der Waals surface area (Å²) in [7, 11) is 3.26. The zero-order valence-electron chi connectivity index (χ0n) is 12.0. The molecule has 0 aliphatic carbocycles. The van der Waals surface area contributed by atoms with Gasteiger partial charge in [0.05, 0.1) is 14.2 Å². The van der Waals surface area contributed by atoms with Crippen LogP contribution in [0.3, 0.4) is 0 Å². The monoisotopic (exact) mass is 275 g/mol. The summed E-state index contributed by atoms with van der Waals surface area (Å²) in [5.74, 6) is 2.36. The predicted molar refractivity (Wildman–Crippen MR) is 79.1 cm³/mol. The number of hydrogen-bond donors (Lipinski definition) is 1. The number of imidazole rings is 1. The van der Waals surface area contributed by atoms with Gasteiger partial charge in [-0.05, 0) is 37.6 Å². The van der Waals surface area contributed by atoms with Crippen molar-refractivity contribution in [3.05, 3.63) is 30.6 Å². The Labute approximate surface area is 119 Å². The van der Waals surface area contributed by atoms with Crippen molar-refractivity contribution in [2.24, 2.45) is 5.73 Å². The van der Waals surface area contributed by atoms with Crippen LogP contribution in [0.25, 0.3) is 11.4 Å². The van der Waals surface area contributed by atoms with Crippen molar-refractivity contribution < 1.29 is 9.47 Å². The van der Waals surface area contributed by atoms with Gasteiger partial charge in [0.2, 0.25) is 0 Å². The number of rotatable bonds is 7. The van der Waals surface area contributed by atoms with Gasteiger partial charge in [0.15, 0.2) is 11.5 Å². The number of ether oxygens (including phenoxy) is 2. The lowest BCUT2D eigenvalue weighted by Gasteiger charge is -2.11. The van der Waals surface area contributed by atoms with Crippen molar-refractivity contribution in [3.8, 4) is 22.9 Å². The quantitative estimate of drug-likeness (QED) is 0.788. The van der Waals surface area contributed by atoms with Gasteiger partial charge in [0, 0.05) is 24.5 Å². The maximum absolute atomic E-state index is 5.53. The van der Waals surface area contributed by atoms with E-state index >= 15 is 0 Å². The second-order valence-electron chi connectivity index (χ2n) is 4.51. The summed E-state index contributed by atoms with van der Waals surface area (Å²) in [5.41, 5.74) is 6.55. The third-order valence-corrected chi connectivity index (χ3v) is 3.21. The summed E-state index contributed by atoms with van der Waals surface area (Å²) in [6.07, 6.45) is 5.87. The number of unbranched alkanes of at least 4 members (excludes halogenated alkanes) is 1. The Morgan fingerprint density at radius 3 is 2.65 bits per heavy atom. The minimum atomic E-state index is 0.710. The normalized spacial score (nSPS) is 10.6. The van der Waals surface area contributed by atoms with Crippen molar-refractivity contribution in [1.29, 1.82) is 0 Å². The second kappa shape index (κ2) is 6.96. The van der Waals surface area contributed by atoms with E-state index in [2.05, 4.69) is 9.55 Å². The highest BCUT2D eigenvalue weighted by Gasteiger charge is 2.10. The summed E-state index contributed by atoms with van der Waals surface area (Å²) in [6.45, 7) is 1.64. The fraction of sp³-hybridized carbons (Fsp3) is 0.400. The first-order valence-electron chi connectivity index (χ1n) is 6.73. The molecule has 2 rings (SSSR count). The average molecular weight is 275 g/mol. The fourth-order valence-electron chi connectivity index (χ4n) is 2.15. The molecule has 2 N–H and O–H groups in total. The van der Waals surface area contributed by atoms with Gasteiger partial charge in [0.25, 0.3) is 0 Å². The highest BCUT2D eigenvalue weighted by molar-refractivity contribution is 5.61. The summed E-state index contributed by atoms with van der Waals surface area (Å²) < 4.78 is 12.7. The first-order chi connectivity index (χ1) is 9.80. The van der Waals surface area contributed by atoms with Crippen LogP contribution in [0.2, 0.25) is 0 Å². The first-order valence-corrected chi connectivity index (χ1v) is 6.73. The molecule has 0 fully saturated rings. The van der Waals surface area contributed by atoms with E-state index in [1.165, 1.54) is 0 Å². The van der Waals surface area contributed by atoms with Gasteiger partial charge in [-0.2, -0.15) is 0 Å². The molecule has 0 atom stereocenters. The third-order valence-electron chi connectivity index (χ3n) is 3.21. The highest BCUT2D eigenvalue weighted by Crippen LogP contribution is 2.31. The van der Waals surface area contributed by atoms with E-state index in [9.17, 15) is 0 Å². The van der Waals surface area contributed by atoms with Crippen LogP contribution in [0.15, 0.2) is 30.6 Å². The molecule has 1 aromatic carbocycles. The largest absolute Gasteiger partial charge is 0.493 e. The molecule has 2 aromatic rings. The summed E-state index contributed by atoms with van der Waals surface area (Å²) in [6, 6.07) is 5.83. The van der Waals surface area contributed by atoms with Crippen LogP contribution in [0.1, 0.15) is 12.8 Å². The molecule has 5 nitrogen and oxygen atoms in total. The van der Waals surface area contributed by atoms with Crippen molar-refractivity contribution in [2.75, 3.05) is 20.8 Å². The molecule has 0 spiro atoms. The zero-order chi connectivity index (χ0) is 14.4. The first kappa shape index (κ1) is 14.4. The molecule has 0 saturated carbocycles. The van der Waals surface area contributed by atoms with Gasteiger partial charge in [-0.15, -0.1) is 0 Å². The SMILES string of the molecule is COc1ccc(-c2nccn2CCCCN)cc1OC. The molecule has 0 saturated heterocycles. The molecule has 0 bridgehead atoms. The molecule has 0 aliphatic rings. The standard InChI is InChI=1S/C15H21N3O2/c1-19-13-6-5-12(11-14(13)20-2)15-17-8-10-18(15)9-4-3-7-16/h5-6,8,10-11H,3-4,7,9,16H2,1-2H3.